The normalized spacial score (nSPS) is 22.7. The first kappa shape index (κ1) is 18.0. The van der Waals surface area contributed by atoms with E-state index in [4.69, 9.17) is 23.7 Å². The number of benzene rings is 1. The summed E-state index contributed by atoms with van der Waals surface area (Å²) in [7, 11) is 1.52. The highest BCUT2D eigenvalue weighted by Crippen LogP contribution is 2.27. The van der Waals surface area contributed by atoms with Gasteiger partial charge in [-0.05, 0) is 19.4 Å². The first-order valence-electron chi connectivity index (χ1n) is 7.59. The zero-order chi connectivity index (χ0) is 16.7. The smallest absolute Gasteiger partial charge is 0.163 e. The van der Waals surface area contributed by atoms with Crippen LogP contribution in [0.4, 0.5) is 0 Å². The van der Waals surface area contributed by atoms with Crippen LogP contribution in [0.3, 0.4) is 0 Å². The molecule has 0 amide bonds. The van der Waals surface area contributed by atoms with Crippen LogP contribution in [-0.2, 0) is 35.1 Å². The van der Waals surface area contributed by atoms with E-state index in [9.17, 15) is 4.79 Å². The van der Waals surface area contributed by atoms with Crippen LogP contribution >= 0.6 is 0 Å². The maximum absolute atomic E-state index is 11.5. The van der Waals surface area contributed by atoms with Gasteiger partial charge < -0.3 is 28.5 Å². The third-order valence-electron chi connectivity index (χ3n) is 3.52. The van der Waals surface area contributed by atoms with Gasteiger partial charge in [-0.25, -0.2) is 0 Å². The molecule has 1 aliphatic rings. The molecule has 1 aromatic carbocycles. The molecule has 6 nitrogen and oxygen atoms in total. The van der Waals surface area contributed by atoms with Gasteiger partial charge in [-0.2, -0.15) is 0 Å². The summed E-state index contributed by atoms with van der Waals surface area (Å²) in [6, 6.07) is 9.64. The molecular weight excluding hydrogens is 300 g/mol. The van der Waals surface area contributed by atoms with Crippen molar-refractivity contribution in [2.24, 2.45) is 0 Å². The van der Waals surface area contributed by atoms with Crippen molar-refractivity contribution in [2.75, 3.05) is 20.5 Å². The zero-order valence-electron chi connectivity index (χ0n) is 13.8. The maximum atomic E-state index is 11.5. The molecule has 0 N–H and O–H groups in total. The third-order valence-corrected chi connectivity index (χ3v) is 3.52. The number of hydrogen-bond acceptors (Lipinski definition) is 6. The minimum Gasteiger partial charge on any atom is -0.363 e. The molecule has 1 saturated heterocycles. The Bertz CT molecular complexity index is 475. The van der Waals surface area contributed by atoms with Crippen LogP contribution in [0.25, 0.3) is 0 Å². The van der Waals surface area contributed by atoms with Crippen LogP contribution in [0.15, 0.2) is 30.3 Å². The van der Waals surface area contributed by atoms with Crippen LogP contribution < -0.4 is 0 Å². The highest BCUT2D eigenvalue weighted by atomic mass is 16.8. The molecule has 0 radical (unpaired) electrons. The highest BCUT2D eigenvalue weighted by molar-refractivity contribution is 5.57. The Morgan fingerprint density at radius 2 is 2.04 bits per heavy atom. The molecule has 1 aromatic rings. The monoisotopic (exact) mass is 324 g/mol. The lowest BCUT2D eigenvalue weighted by Crippen LogP contribution is -2.44. The van der Waals surface area contributed by atoms with Crippen LogP contribution in [-0.4, -0.2) is 50.9 Å². The van der Waals surface area contributed by atoms with E-state index in [1.807, 2.05) is 44.2 Å². The first-order chi connectivity index (χ1) is 11.1. The molecule has 1 aliphatic heterocycles. The molecule has 3 atom stereocenters. The fourth-order valence-electron chi connectivity index (χ4n) is 2.42. The largest absolute Gasteiger partial charge is 0.363 e. The van der Waals surface area contributed by atoms with Crippen molar-refractivity contribution in [3.05, 3.63) is 35.9 Å². The molecule has 128 valence electrons. The summed E-state index contributed by atoms with van der Waals surface area (Å²) in [6.07, 6.45) is -1.03. The molecule has 0 aliphatic carbocycles. The minimum absolute atomic E-state index is 0.0456. The van der Waals surface area contributed by atoms with Gasteiger partial charge in [0.25, 0.3) is 0 Å². The number of ether oxygens (including phenoxy) is 5. The second-order valence-corrected chi connectivity index (χ2v) is 5.80. The topological polar surface area (TPSA) is 63.2 Å². The quantitative estimate of drug-likeness (QED) is 0.511. The van der Waals surface area contributed by atoms with E-state index in [2.05, 4.69) is 0 Å². The van der Waals surface area contributed by atoms with E-state index in [1.165, 1.54) is 7.11 Å². The lowest BCUT2D eigenvalue weighted by molar-refractivity contribution is -0.193. The van der Waals surface area contributed by atoms with Gasteiger partial charge in [0.15, 0.2) is 12.1 Å². The standard InChI is InChI=1S/C17H24O6/c1-17(2)22-11-15(23-17)16(21-12-19-3)14(9-18)20-10-13-7-5-4-6-8-13/h4-9,14-16H,10-12H2,1-3H3/t14-,15-,16+/m1/s1. The maximum Gasteiger partial charge on any atom is 0.163 e. The van der Waals surface area contributed by atoms with E-state index in [1.54, 1.807) is 0 Å². The van der Waals surface area contributed by atoms with E-state index in [-0.39, 0.29) is 6.79 Å². The summed E-state index contributed by atoms with van der Waals surface area (Å²) in [5, 5.41) is 0. The number of hydrogen-bond donors (Lipinski definition) is 0. The van der Waals surface area contributed by atoms with Gasteiger partial charge in [0.05, 0.1) is 13.2 Å². The van der Waals surface area contributed by atoms with E-state index in [0.717, 1.165) is 11.8 Å². The Morgan fingerprint density at radius 3 is 2.61 bits per heavy atom. The van der Waals surface area contributed by atoms with E-state index in [0.29, 0.717) is 13.2 Å². The van der Waals surface area contributed by atoms with Crippen molar-refractivity contribution in [1.82, 2.24) is 0 Å². The predicted molar refractivity (Wildman–Crippen MR) is 82.7 cm³/mol. The van der Waals surface area contributed by atoms with Crippen molar-refractivity contribution >= 4 is 6.29 Å². The predicted octanol–water partition coefficient (Wildman–Crippen LogP) is 1.91. The molecule has 1 heterocycles. The van der Waals surface area contributed by atoms with Gasteiger partial charge >= 0.3 is 0 Å². The molecule has 0 spiro atoms. The summed E-state index contributed by atoms with van der Waals surface area (Å²) in [5.41, 5.74) is 0.980. The van der Waals surface area contributed by atoms with Crippen molar-refractivity contribution < 1.29 is 28.5 Å². The fraction of sp³-hybridized carbons (Fsp3) is 0.588. The van der Waals surface area contributed by atoms with Crippen LogP contribution in [0.1, 0.15) is 19.4 Å². The molecule has 6 heteroatoms. The molecule has 0 aromatic heterocycles. The number of methoxy groups -OCH3 is 1. The highest BCUT2D eigenvalue weighted by Gasteiger charge is 2.41. The van der Waals surface area contributed by atoms with E-state index < -0.39 is 24.1 Å². The van der Waals surface area contributed by atoms with Crippen LogP contribution in [0.5, 0.6) is 0 Å². The van der Waals surface area contributed by atoms with Gasteiger partial charge in [-0.15, -0.1) is 0 Å². The van der Waals surface area contributed by atoms with Gasteiger partial charge in [-0.1, -0.05) is 30.3 Å². The average molecular weight is 324 g/mol. The number of carbonyl (C=O) groups excluding carboxylic acids is 1. The molecule has 23 heavy (non-hydrogen) atoms. The summed E-state index contributed by atoms with van der Waals surface area (Å²) in [6.45, 7) is 4.33. The fourth-order valence-corrected chi connectivity index (χ4v) is 2.42. The Kier molecular flexibility index (Phi) is 6.68. The molecule has 0 unspecified atom stereocenters. The van der Waals surface area contributed by atoms with Crippen molar-refractivity contribution in [1.29, 1.82) is 0 Å². The zero-order valence-corrected chi connectivity index (χ0v) is 13.8. The van der Waals surface area contributed by atoms with Crippen molar-refractivity contribution in [3.63, 3.8) is 0 Å². The lowest BCUT2D eigenvalue weighted by Gasteiger charge is -2.28. The van der Waals surface area contributed by atoms with Gasteiger partial charge in [0.1, 0.15) is 25.1 Å². The summed E-state index contributed by atoms with van der Waals surface area (Å²) in [4.78, 5) is 11.5. The molecule has 2 rings (SSSR count). The lowest BCUT2D eigenvalue weighted by atomic mass is 10.1. The Balaban J connectivity index is 2.01. The Morgan fingerprint density at radius 1 is 1.30 bits per heavy atom. The van der Waals surface area contributed by atoms with Crippen LogP contribution in [0, 0.1) is 0 Å². The molecular formula is C17H24O6. The van der Waals surface area contributed by atoms with Gasteiger partial charge in [0, 0.05) is 7.11 Å². The minimum atomic E-state index is -0.771. The number of aldehydes is 1. The Labute approximate surface area is 136 Å². The van der Waals surface area contributed by atoms with Crippen molar-refractivity contribution in [2.45, 2.75) is 44.6 Å². The second kappa shape index (κ2) is 8.52. The van der Waals surface area contributed by atoms with E-state index >= 15 is 0 Å². The van der Waals surface area contributed by atoms with Gasteiger partial charge in [-0.3, -0.25) is 0 Å². The molecule has 0 saturated carbocycles. The summed E-state index contributed by atoms with van der Waals surface area (Å²) in [5.74, 6) is -0.702. The second-order valence-electron chi connectivity index (χ2n) is 5.80. The summed E-state index contributed by atoms with van der Waals surface area (Å²) >= 11 is 0. The number of carbonyl (C=O) groups is 1. The molecule has 1 fully saturated rings. The third kappa shape index (κ3) is 5.37. The van der Waals surface area contributed by atoms with Crippen LogP contribution in [0.2, 0.25) is 0 Å². The molecule has 0 bridgehead atoms. The number of rotatable bonds is 9. The first-order valence-corrected chi connectivity index (χ1v) is 7.59. The van der Waals surface area contributed by atoms with Gasteiger partial charge in [0.2, 0.25) is 0 Å². The summed E-state index contributed by atoms with van der Waals surface area (Å²) < 4.78 is 27.7. The average Bonchev–Trinajstić information content (AvgIpc) is 2.91. The Hall–Kier alpha value is -1.31. The SMILES string of the molecule is COCO[C@@H]([C@@H](C=O)OCc1ccccc1)[C@H]1COC(C)(C)O1. The van der Waals surface area contributed by atoms with Crippen molar-refractivity contribution in [3.8, 4) is 0 Å².